The molecule has 0 aromatic carbocycles. The lowest BCUT2D eigenvalue weighted by molar-refractivity contribution is -0.142. The molecule has 0 bridgehead atoms. The van der Waals surface area contributed by atoms with Gasteiger partial charge in [-0.2, -0.15) is 0 Å². The fourth-order valence-electron chi connectivity index (χ4n) is 2.93. The summed E-state index contributed by atoms with van der Waals surface area (Å²) in [6.07, 6.45) is 3.28. The smallest absolute Gasteiger partial charge is 0.248 e. The number of carbonyl (C=O) groups excluding carboxylic acids is 2. The highest BCUT2D eigenvalue weighted by Crippen LogP contribution is 2.41. The van der Waals surface area contributed by atoms with Gasteiger partial charge in [0.2, 0.25) is 11.8 Å². The van der Waals surface area contributed by atoms with Gasteiger partial charge in [0, 0.05) is 20.1 Å². The number of rotatable bonds is 5. The van der Waals surface area contributed by atoms with E-state index in [-0.39, 0.29) is 17.9 Å². The van der Waals surface area contributed by atoms with Crippen LogP contribution in [0.4, 0.5) is 0 Å². The van der Waals surface area contributed by atoms with Gasteiger partial charge in [0.15, 0.2) is 0 Å². The molecule has 5 nitrogen and oxygen atoms in total. The zero-order chi connectivity index (χ0) is 14.0. The molecule has 2 atom stereocenters. The van der Waals surface area contributed by atoms with E-state index in [1.165, 1.54) is 0 Å². The summed E-state index contributed by atoms with van der Waals surface area (Å²) in [4.78, 5) is 26.5. The number of nitrogens with one attached hydrogen (secondary N) is 1. The van der Waals surface area contributed by atoms with E-state index in [1.807, 2.05) is 18.7 Å². The minimum Gasteiger partial charge on any atom is -0.383 e. The molecule has 108 valence electrons. The van der Waals surface area contributed by atoms with Crippen LogP contribution in [0, 0.1) is 5.92 Å². The van der Waals surface area contributed by atoms with Crippen LogP contribution in [0.3, 0.4) is 0 Å². The zero-order valence-electron chi connectivity index (χ0n) is 12.1. The predicted octanol–water partition coefficient (Wildman–Crippen LogP) is 0.929. The Morgan fingerprint density at radius 2 is 2.16 bits per heavy atom. The fourth-order valence-corrected chi connectivity index (χ4v) is 2.93. The molecular weight excluding hydrogens is 244 g/mol. The Morgan fingerprint density at radius 1 is 1.47 bits per heavy atom. The molecule has 0 aromatic heterocycles. The van der Waals surface area contributed by atoms with E-state index in [0.29, 0.717) is 25.5 Å². The first-order valence-electron chi connectivity index (χ1n) is 7.14. The van der Waals surface area contributed by atoms with E-state index >= 15 is 0 Å². The summed E-state index contributed by atoms with van der Waals surface area (Å²) in [7, 11) is 1.65. The van der Waals surface area contributed by atoms with Crippen molar-refractivity contribution in [3.8, 4) is 0 Å². The van der Waals surface area contributed by atoms with Crippen molar-refractivity contribution in [2.45, 2.75) is 51.1 Å². The Kier molecular flexibility index (Phi) is 4.13. The van der Waals surface area contributed by atoms with Crippen molar-refractivity contribution in [2.24, 2.45) is 5.92 Å². The van der Waals surface area contributed by atoms with E-state index in [9.17, 15) is 9.59 Å². The molecule has 1 saturated heterocycles. The maximum absolute atomic E-state index is 12.8. The van der Waals surface area contributed by atoms with Crippen LogP contribution >= 0.6 is 0 Å². The second kappa shape index (κ2) is 5.49. The molecule has 0 aromatic rings. The lowest BCUT2D eigenvalue weighted by Crippen LogP contribution is -2.58. The average molecular weight is 268 g/mol. The van der Waals surface area contributed by atoms with E-state index in [2.05, 4.69) is 5.32 Å². The minimum atomic E-state index is -0.714. The maximum atomic E-state index is 12.8. The molecule has 5 heteroatoms. The van der Waals surface area contributed by atoms with Gasteiger partial charge in [0.25, 0.3) is 0 Å². The van der Waals surface area contributed by atoms with Gasteiger partial charge in [0.05, 0.1) is 12.6 Å². The summed E-state index contributed by atoms with van der Waals surface area (Å²) < 4.78 is 5.21. The van der Waals surface area contributed by atoms with Crippen LogP contribution in [-0.4, -0.2) is 48.6 Å². The van der Waals surface area contributed by atoms with Crippen LogP contribution in [0.2, 0.25) is 0 Å². The molecule has 2 aliphatic rings. The third-order valence-electron chi connectivity index (χ3n) is 4.35. The molecular formula is C14H24N2O3. The van der Waals surface area contributed by atoms with Gasteiger partial charge in [-0.3, -0.25) is 9.59 Å². The molecule has 2 unspecified atom stereocenters. The van der Waals surface area contributed by atoms with Gasteiger partial charge >= 0.3 is 0 Å². The van der Waals surface area contributed by atoms with Gasteiger partial charge < -0.3 is 15.0 Å². The number of amides is 2. The number of methoxy groups -OCH3 is 1. The van der Waals surface area contributed by atoms with Crippen LogP contribution in [0.1, 0.15) is 39.5 Å². The van der Waals surface area contributed by atoms with Gasteiger partial charge in [0.1, 0.15) is 5.54 Å². The SMILES string of the molecule is CCC(COC)N1CCC(=O)NC(C)(C2CC2)C1=O. The van der Waals surface area contributed by atoms with Gasteiger partial charge in [-0.05, 0) is 32.1 Å². The zero-order valence-corrected chi connectivity index (χ0v) is 12.1. The summed E-state index contributed by atoms with van der Waals surface area (Å²) in [5.74, 6) is 0.340. The van der Waals surface area contributed by atoms with Crippen LogP contribution in [0.25, 0.3) is 0 Å². The van der Waals surface area contributed by atoms with E-state index < -0.39 is 5.54 Å². The second-order valence-corrected chi connectivity index (χ2v) is 5.79. The Bertz CT molecular complexity index is 368. The largest absolute Gasteiger partial charge is 0.383 e. The van der Waals surface area contributed by atoms with E-state index in [4.69, 9.17) is 4.74 Å². The average Bonchev–Trinajstić information content (AvgIpc) is 3.20. The van der Waals surface area contributed by atoms with Gasteiger partial charge in [-0.25, -0.2) is 0 Å². The quantitative estimate of drug-likeness (QED) is 0.807. The number of carbonyl (C=O) groups is 2. The minimum absolute atomic E-state index is 0.0162. The molecule has 2 fully saturated rings. The molecule has 19 heavy (non-hydrogen) atoms. The van der Waals surface area contributed by atoms with Crippen molar-refractivity contribution >= 4 is 11.8 Å². The Labute approximate surface area is 114 Å². The first kappa shape index (κ1) is 14.3. The summed E-state index contributed by atoms with van der Waals surface area (Å²) in [5.41, 5.74) is -0.714. The van der Waals surface area contributed by atoms with Crippen molar-refractivity contribution in [3.63, 3.8) is 0 Å². The molecule has 0 radical (unpaired) electrons. The van der Waals surface area contributed by atoms with Crippen molar-refractivity contribution in [1.82, 2.24) is 10.2 Å². The summed E-state index contributed by atoms with van der Waals surface area (Å²) in [6, 6.07) is 0.0586. The molecule has 2 rings (SSSR count). The molecule has 2 amide bonds. The Hall–Kier alpha value is -1.10. The van der Waals surface area contributed by atoms with E-state index in [1.54, 1.807) is 7.11 Å². The van der Waals surface area contributed by atoms with Crippen LogP contribution in [0.15, 0.2) is 0 Å². The van der Waals surface area contributed by atoms with Crippen molar-refractivity contribution in [1.29, 1.82) is 0 Å². The number of ether oxygens (including phenoxy) is 1. The first-order chi connectivity index (χ1) is 9.02. The molecule has 0 spiro atoms. The molecule has 1 heterocycles. The topological polar surface area (TPSA) is 58.6 Å². The van der Waals surface area contributed by atoms with Crippen molar-refractivity contribution in [2.75, 3.05) is 20.3 Å². The first-order valence-corrected chi connectivity index (χ1v) is 7.14. The fraction of sp³-hybridized carbons (Fsp3) is 0.857. The number of nitrogens with zero attached hydrogens (tertiary/aromatic N) is 1. The van der Waals surface area contributed by atoms with Gasteiger partial charge in [-0.1, -0.05) is 6.92 Å². The van der Waals surface area contributed by atoms with Crippen LogP contribution in [0.5, 0.6) is 0 Å². The van der Waals surface area contributed by atoms with Crippen LogP contribution < -0.4 is 5.32 Å². The number of hydrogen-bond donors (Lipinski definition) is 1. The Morgan fingerprint density at radius 3 is 2.68 bits per heavy atom. The van der Waals surface area contributed by atoms with Crippen LogP contribution in [-0.2, 0) is 14.3 Å². The Balaban J connectivity index is 2.22. The summed E-state index contributed by atoms with van der Waals surface area (Å²) in [6.45, 7) is 4.94. The lowest BCUT2D eigenvalue weighted by Gasteiger charge is -2.36. The predicted molar refractivity (Wildman–Crippen MR) is 71.6 cm³/mol. The summed E-state index contributed by atoms with van der Waals surface area (Å²) in [5, 5.41) is 2.95. The third-order valence-corrected chi connectivity index (χ3v) is 4.35. The van der Waals surface area contributed by atoms with Crippen molar-refractivity contribution in [3.05, 3.63) is 0 Å². The highest BCUT2D eigenvalue weighted by Gasteiger charge is 2.51. The lowest BCUT2D eigenvalue weighted by atomic mass is 9.93. The molecule has 1 aliphatic carbocycles. The monoisotopic (exact) mass is 268 g/mol. The highest BCUT2D eigenvalue weighted by molar-refractivity contribution is 5.94. The second-order valence-electron chi connectivity index (χ2n) is 5.79. The number of hydrogen-bond acceptors (Lipinski definition) is 3. The maximum Gasteiger partial charge on any atom is 0.248 e. The molecule has 1 saturated carbocycles. The highest BCUT2D eigenvalue weighted by atomic mass is 16.5. The molecule has 1 aliphatic heterocycles. The van der Waals surface area contributed by atoms with Gasteiger partial charge in [-0.15, -0.1) is 0 Å². The summed E-state index contributed by atoms with van der Waals surface area (Å²) >= 11 is 0. The molecule has 1 N–H and O–H groups in total. The standard InChI is InChI=1S/C14H24N2O3/c1-4-11(9-19-3)16-8-7-12(17)15-14(2,13(16)18)10-5-6-10/h10-11H,4-9H2,1-3H3,(H,15,17). The van der Waals surface area contributed by atoms with Crippen molar-refractivity contribution < 1.29 is 14.3 Å². The third kappa shape index (κ3) is 2.76. The van der Waals surface area contributed by atoms with E-state index in [0.717, 1.165) is 19.3 Å². The normalized spacial score (nSPS) is 29.9.